The second-order valence-corrected chi connectivity index (χ2v) is 6.08. The summed E-state index contributed by atoms with van der Waals surface area (Å²) in [5.41, 5.74) is 2.07. The van der Waals surface area contributed by atoms with Gasteiger partial charge in [-0.1, -0.05) is 35.6 Å². The van der Waals surface area contributed by atoms with Crippen LogP contribution in [-0.2, 0) is 4.79 Å². The van der Waals surface area contributed by atoms with Crippen LogP contribution in [0.5, 0.6) is 5.75 Å². The largest absolute Gasteiger partial charge is 0.481 e. The van der Waals surface area contributed by atoms with Crippen LogP contribution in [0, 0.1) is 6.92 Å². The van der Waals surface area contributed by atoms with E-state index in [1.54, 1.807) is 6.92 Å². The van der Waals surface area contributed by atoms with Gasteiger partial charge < -0.3 is 4.74 Å². The molecule has 0 bridgehead atoms. The van der Waals surface area contributed by atoms with E-state index >= 15 is 0 Å². The average Bonchev–Trinajstić information content (AvgIpc) is 2.89. The van der Waals surface area contributed by atoms with E-state index in [9.17, 15) is 4.79 Å². The zero-order chi connectivity index (χ0) is 15.5. The maximum atomic E-state index is 12.2. The Morgan fingerprint density at radius 2 is 2.00 bits per heavy atom. The Labute approximate surface area is 132 Å². The number of para-hydroxylation sites is 1. The number of aromatic nitrogens is 1. The second-order valence-electron chi connectivity index (χ2n) is 5.05. The molecular formula is C17H16N2O2S. The lowest BCUT2D eigenvalue weighted by atomic mass is 10.2. The molecule has 1 N–H and O–H groups in total. The van der Waals surface area contributed by atoms with E-state index in [-0.39, 0.29) is 5.91 Å². The third-order valence-corrected chi connectivity index (χ3v) is 4.13. The minimum absolute atomic E-state index is 0.209. The molecule has 0 saturated heterocycles. The van der Waals surface area contributed by atoms with Gasteiger partial charge in [-0.15, -0.1) is 0 Å². The number of fused-ring (bicyclic) bond motifs is 1. The third kappa shape index (κ3) is 3.26. The van der Waals surface area contributed by atoms with Crippen LogP contribution < -0.4 is 10.1 Å². The van der Waals surface area contributed by atoms with Gasteiger partial charge in [0, 0.05) is 0 Å². The van der Waals surface area contributed by atoms with Crippen molar-refractivity contribution in [1.29, 1.82) is 0 Å². The highest BCUT2D eigenvalue weighted by atomic mass is 32.1. The number of anilines is 1. The van der Waals surface area contributed by atoms with Crippen LogP contribution >= 0.6 is 11.3 Å². The summed E-state index contributed by atoms with van der Waals surface area (Å²) >= 11 is 1.46. The number of carbonyl (C=O) groups excluding carboxylic acids is 1. The first-order chi connectivity index (χ1) is 10.6. The predicted molar refractivity (Wildman–Crippen MR) is 89.5 cm³/mol. The molecule has 3 aromatic rings. The van der Waals surface area contributed by atoms with Crippen LogP contribution in [0.25, 0.3) is 10.2 Å². The van der Waals surface area contributed by atoms with E-state index in [1.807, 2.05) is 49.4 Å². The molecular weight excluding hydrogens is 296 g/mol. The summed E-state index contributed by atoms with van der Waals surface area (Å²) in [4.78, 5) is 16.6. The number of hydrogen-bond donors (Lipinski definition) is 1. The number of carbonyl (C=O) groups is 1. The van der Waals surface area contributed by atoms with Gasteiger partial charge in [0.15, 0.2) is 11.2 Å². The van der Waals surface area contributed by atoms with Gasteiger partial charge in [-0.2, -0.15) is 0 Å². The van der Waals surface area contributed by atoms with Crippen molar-refractivity contribution in [3.63, 3.8) is 0 Å². The van der Waals surface area contributed by atoms with Crippen LogP contribution in [0.4, 0.5) is 5.13 Å². The summed E-state index contributed by atoms with van der Waals surface area (Å²) in [7, 11) is 0. The fourth-order valence-corrected chi connectivity index (χ4v) is 3.02. The van der Waals surface area contributed by atoms with E-state index in [2.05, 4.69) is 16.4 Å². The van der Waals surface area contributed by atoms with Crippen LogP contribution in [-0.4, -0.2) is 17.0 Å². The Balaban J connectivity index is 1.69. The van der Waals surface area contributed by atoms with E-state index in [0.29, 0.717) is 10.9 Å². The smallest absolute Gasteiger partial charge is 0.266 e. The van der Waals surface area contributed by atoms with E-state index < -0.39 is 6.10 Å². The van der Waals surface area contributed by atoms with Crippen LogP contribution in [0.3, 0.4) is 0 Å². The van der Waals surface area contributed by atoms with Gasteiger partial charge in [-0.25, -0.2) is 4.98 Å². The first kappa shape index (κ1) is 14.5. The lowest BCUT2D eigenvalue weighted by Gasteiger charge is -2.13. The molecule has 112 valence electrons. The van der Waals surface area contributed by atoms with Crippen LogP contribution in [0.15, 0.2) is 48.5 Å². The maximum absolute atomic E-state index is 12.2. The molecule has 5 heteroatoms. The van der Waals surface area contributed by atoms with Gasteiger partial charge in [-0.3, -0.25) is 10.1 Å². The highest BCUT2D eigenvalue weighted by Crippen LogP contribution is 2.26. The molecule has 0 radical (unpaired) electrons. The molecule has 3 rings (SSSR count). The first-order valence-corrected chi connectivity index (χ1v) is 7.83. The van der Waals surface area contributed by atoms with E-state index in [1.165, 1.54) is 16.9 Å². The number of nitrogens with one attached hydrogen (secondary N) is 1. The predicted octanol–water partition coefficient (Wildman–Crippen LogP) is 4.01. The molecule has 0 unspecified atom stereocenters. The Morgan fingerprint density at radius 1 is 1.23 bits per heavy atom. The van der Waals surface area contributed by atoms with Crippen LogP contribution in [0.1, 0.15) is 12.5 Å². The fraction of sp³-hybridized carbons (Fsp3) is 0.176. The Morgan fingerprint density at radius 3 is 2.77 bits per heavy atom. The second kappa shape index (κ2) is 6.15. The topological polar surface area (TPSA) is 51.2 Å². The number of rotatable bonds is 4. The number of hydrogen-bond acceptors (Lipinski definition) is 4. The summed E-state index contributed by atoms with van der Waals surface area (Å²) < 4.78 is 6.67. The van der Waals surface area contributed by atoms with E-state index in [4.69, 9.17) is 4.74 Å². The van der Waals surface area contributed by atoms with Gasteiger partial charge in [0.05, 0.1) is 10.2 Å². The molecule has 0 aliphatic heterocycles. The molecule has 4 nitrogen and oxygen atoms in total. The molecule has 2 aromatic carbocycles. The van der Waals surface area contributed by atoms with Gasteiger partial charge in [0.2, 0.25) is 0 Å². The van der Waals surface area contributed by atoms with E-state index in [0.717, 1.165) is 10.2 Å². The summed E-state index contributed by atoms with van der Waals surface area (Å²) in [6.45, 7) is 3.76. The number of thiazole rings is 1. The highest BCUT2D eigenvalue weighted by molar-refractivity contribution is 7.22. The molecule has 0 fully saturated rings. The van der Waals surface area contributed by atoms with Crippen molar-refractivity contribution >= 4 is 32.6 Å². The molecule has 1 amide bonds. The normalized spacial score (nSPS) is 12.1. The molecule has 0 aliphatic carbocycles. The van der Waals surface area contributed by atoms with Crippen molar-refractivity contribution < 1.29 is 9.53 Å². The van der Waals surface area contributed by atoms with Crippen LogP contribution in [0.2, 0.25) is 0 Å². The van der Waals surface area contributed by atoms with Crippen molar-refractivity contribution in [2.24, 2.45) is 0 Å². The monoisotopic (exact) mass is 312 g/mol. The molecule has 1 heterocycles. The van der Waals surface area contributed by atoms with Gasteiger partial charge in [0.25, 0.3) is 5.91 Å². The van der Waals surface area contributed by atoms with Gasteiger partial charge in [0.1, 0.15) is 5.75 Å². The number of ether oxygens (including phenoxy) is 1. The number of benzene rings is 2. The molecule has 22 heavy (non-hydrogen) atoms. The highest BCUT2D eigenvalue weighted by Gasteiger charge is 2.16. The van der Waals surface area contributed by atoms with Crippen molar-refractivity contribution in [3.8, 4) is 5.75 Å². The maximum Gasteiger partial charge on any atom is 0.266 e. The van der Waals surface area contributed by atoms with Crippen molar-refractivity contribution in [3.05, 3.63) is 54.1 Å². The average molecular weight is 312 g/mol. The Kier molecular flexibility index (Phi) is 4.06. The molecule has 1 atom stereocenters. The zero-order valence-electron chi connectivity index (χ0n) is 12.4. The Hall–Kier alpha value is -2.40. The van der Waals surface area contributed by atoms with Crippen molar-refractivity contribution in [2.75, 3.05) is 5.32 Å². The van der Waals surface area contributed by atoms with Gasteiger partial charge in [-0.05, 0) is 43.7 Å². The standard InChI is InChI=1S/C17H16N2O2S/c1-11-8-9-14-15(10-11)22-17(18-14)19-16(20)12(2)21-13-6-4-3-5-7-13/h3-10,12H,1-2H3,(H,18,19,20)/t12-/m1/s1. The van der Waals surface area contributed by atoms with Crippen molar-refractivity contribution in [1.82, 2.24) is 4.98 Å². The van der Waals surface area contributed by atoms with Crippen molar-refractivity contribution in [2.45, 2.75) is 20.0 Å². The fourth-order valence-electron chi connectivity index (χ4n) is 2.05. The molecule has 0 aliphatic rings. The number of aryl methyl sites for hydroxylation is 1. The quantitative estimate of drug-likeness (QED) is 0.792. The summed E-state index contributed by atoms with van der Waals surface area (Å²) in [6, 6.07) is 15.3. The molecule has 0 spiro atoms. The lowest BCUT2D eigenvalue weighted by molar-refractivity contribution is -0.122. The third-order valence-electron chi connectivity index (χ3n) is 3.20. The Bertz CT molecular complexity index is 799. The lowest BCUT2D eigenvalue weighted by Crippen LogP contribution is -2.30. The minimum atomic E-state index is -0.587. The zero-order valence-corrected chi connectivity index (χ0v) is 13.2. The summed E-state index contributed by atoms with van der Waals surface area (Å²) in [5, 5.41) is 3.41. The molecule has 1 aromatic heterocycles. The molecule has 0 saturated carbocycles. The summed E-state index contributed by atoms with van der Waals surface area (Å²) in [5.74, 6) is 0.463. The SMILES string of the molecule is Cc1ccc2nc(NC(=O)[C@@H](C)Oc3ccccc3)sc2c1. The minimum Gasteiger partial charge on any atom is -0.481 e. The number of nitrogens with zero attached hydrogens (tertiary/aromatic N) is 1. The number of amides is 1. The van der Waals surface area contributed by atoms with Gasteiger partial charge >= 0.3 is 0 Å². The summed E-state index contributed by atoms with van der Waals surface area (Å²) in [6.07, 6.45) is -0.587. The first-order valence-electron chi connectivity index (χ1n) is 7.01.